The maximum absolute atomic E-state index is 14.2. The Morgan fingerprint density at radius 3 is 2.16 bits per heavy atom. The van der Waals surface area contributed by atoms with Crippen LogP contribution in [-0.2, 0) is 31.7 Å². The van der Waals surface area contributed by atoms with Gasteiger partial charge < -0.3 is 9.47 Å². The lowest BCUT2D eigenvalue weighted by atomic mass is 9.95. The van der Waals surface area contributed by atoms with Gasteiger partial charge in [0.05, 0.1) is 23.2 Å². The predicted octanol–water partition coefficient (Wildman–Crippen LogP) is 3.89. The van der Waals surface area contributed by atoms with Gasteiger partial charge >= 0.3 is 18.2 Å². The fraction of sp³-hybridized carbons (Fsp3) is 0.333. The SMILES string of the molecule is COC(=O)C(NC(=O)OCc1ccccc1)(C(C)S(=O)c1ccc(C)cc1)C(F)(F)F. The number of methoxy groups -OCH3 is 1. The summed E-state index contributed by atoms with van der Waals surface area (Å²) in [6.45, 7) is 2.39. The van der Waals surface area contributed by atoms with Crippen LogP contribution in [0.15, 0.2) is 59.5 Å². The summed E-state index contributed by atoms with van der Waals surface area (Å²) >= 11 is 0. The molecule has 0 fully saturated rings. The number of benzene rings is 2. The van der Waals surface area contributed by atoms with Gasteiger partial charge in [0.15, 0.2) is 0 Å². The van der Waals surface area contributed by atoms with E-state index >= 15 is 0 Å². The summed E-state index contributed by atoms with van der Waals surface area (Å²) in [4.78, 5) is 24.7. The van der Waals surface area contributed by atoms with Gasteiger partial charge in [-0.15, -0.1) is 0 Å². The van der Waals surface area contributed by atoms with Crippen LogP contribution in [0, 0.1) is 6.92 Å². The molecule has 1 N–H and O–H groups in total. The summed E-state index contributed by atoms with van der Waals surface area (Å²) in [6, 6.07) is 14.2. The highest BCUT2D eigenvalue weighted by molar-refractivity contribution is 7.85. The van der Waals surface area contributed by atoms with Gasteiger partial charge in [0, 0.05) is 4.90 Å². The number of alkyl carbamates (subject to hydrolysis) is 1. The van der Waals surface area contributed by atoms with Crippen LogP contribution < -0.4 is 5.32 Å². The number of ether oxygens (including phenoxy) is 2. The van der Waals surface area contributed by atoms with E-state index in [0.717, 1.165) is 19.6 Å². The molecule has 1 amide bonds. The minimum Gasteiger partial charge on any atom is -0.467 e. The van der Waals surface area contributed by atoms with Crippen molar-refractivity contribution in [2.24, 2.45) is 0 Å². The van der Waals surface area contributed by atoms with Crippen molar-refractivity contribution in [3.05, 3.63) is 65.7 Å². The third-order valence-electron chi connectivity index (χ3n) is 4.65. The Morgan fingerprint density at radius 1 is 1.06 bits per heavy atom. The van der Waals surface area contributed by atoms with Gasteiger partial charge in [-0.2, -0.15) is 13.2 Å². The molecule has 0 aromatic heterocycles. The molecule has 2 aromatic rings. The van der Waals surface area contributed by atoms with Gasteiger partial charge in [-0.3, -0.25) is 9.53 Å². The largest absolute Gasteiger partial charge is 0.467 e. The zero-order chi connectivity index (χ0) is 23.2. The van der Waals surface area contributed by atoms with E-state index in [1.807, 2.05) is 0 Å². The van der Waals surface area contributed by atoms with Gasteiger partial charge in [0.2, 0.25) is 0 Å². The van der Waals surface area contributed by atoms with Gasteiger partial charge in [0.1, 0.15) is 6.61 Å². The summed E-state index contributed by atoms with van der Waals surface area (Å²) < 4.78 is 64.8. The summed E-state index contributed by atoms with van der Waals surface area (Å²) in [5.74, 6) is -1.80. The topological polar surface area (TPSA) is 81.7 Å². The van der Waals surface area contributed by atoms with E-state index in [2.05, 4.69) is 4.74 Å². The van der Waals surface area contributed by atoms with Gasteiger partial charge in [0.25, 0.3) is 5.54 Å². The van der Waals surface area contributed by atoms with Crippen molar-refractivity contribution in [2.45, 2.75) is 42.3 Å². The number of alkyl halides is 3. The molecular weight excluding hydrogens is 435 g/mol. The highest BCUT2D eigenvalue weighted by Gasteiger charge is 2.67. The van der Waals surface area contributed by atoms with E-state index in [1.54, 1.807) is 54.7 Å². The van der Waals surface area contributed by atoms with Crippen LogP contribution >= 0.6 is 0 Å². The molecule has 0 aliphatic heterocycles. The molecule has 10 heteroatoms. The molecule has 2 aromatic carbocycles. The van der Waals surface area contributed by atoms with E-state index < -0.39 is 39.8 Å². The van der Waals surface area contributed by atoms with Crippen LogP contribution in [0.5, 0.6) is 0 Å². The first-order chi connectivity index (χ1) is 14.5. The number of aryl methyl sites for hydroxylation is 1. The molecule has 0 radical (unpaired) electrons. The van der Waals surface area contributed by atoms with Gasteiger partial charge in [-0.05, 0) is 31.5 Å². The quantitative estimate of drug-likeness (QED) is 0.638. The normalized spacial score (nSPS) is 15.3. The number of esters is 1. The van der Waals surface area contributed by atoms with Gasteiger partial charge in [-0.1, -0.05) is 48.0 Å². The number of hydrogen-bond acceptors (Lipinski definition) is 5. The fourth-order valence-corrected chi connectivity index (χ4v) is 4.28. The van der Waals surface area contributed by atoms with E-state index in [4.69, 9.17) is 4.74 Å². The smallest absolute Gasteiger partial charge is 0.423 e. The number of nitrogens with one attached hydrogen (secondary N) is 1. The lowest BCUT2D eigenvalue weighted by Gasteiger charge is -2.37. The summed E-state index contributed by atoms with van der Waals surface area (Å²) in [7, 11) is -1.57. The minimum absolute atomic E-state index is 0.0649. The Bertz CT molecular complexity index is 934. The first-order valence-corrected chi connectivity index (χ1v) is 10.4. The molecule has 0 aliphatic carbocycles. The lowest BCUT2D eigenvalue weighted by molar-refractivity contribution is -0.210. The van der Waals surface area contributed by atoms with E-state index in [-0.39, 0.29) is 11.5 Å². The third kappa shape index (κ3) is 5.43. The monoisotopic (exact) mass is 457 g/mol. The summed E-state index contributed by atoms with van der Waals surface area (Å²) in [5, 5.41) is -0.325. The highest BCUT2D eigenvalue weighted by Crippen LogP contribution is 2.38. The third-order valence-corrected chi connectivity index (χ3v) is 6.38. The highest BCUT2D eigenvalue weighted by atomic mass is 32.2. The van der Waals surface area contributed by atoms with Crippen LogP contribution in [-0.4, -0.2) is 40.3 Å². The average molecular weight is 457 g/mol. The molecular formula is C21H22F3NO5S. The summed E-state index contributed by atoms with van der Waals surface area (Å²) in [6.07, 6.45) is -6.83. The molecule has 6 nitrogen and oxygen atoms in total. The van der Waals surface area contributed by atoms with Crippen molar-refractivity contribution >= 4 is 22.9 Å². The molecule has 31 heavy (non-hydrogen) atoms. The zero-order valence-electron chi connectivity index (χ0n) is 17.1. The first kappa shape index (κ1) is 24.4. The molecule has 3 unspecified atom stereocenters. The number of carbonyl (C=O) groups is 2. The van der Waals surface area contributed by atoms with E-state index in [9.17, 15) is 27.0 Å². The molecule has 0 heterocycles. The Labute approximate surface area is 180 Å². The predicted molar refractivity (Wildman–Crippen MR) is 108 cm³/mol. The van der Waals surface area contributed by atoms with Crippen LogP contribution in [0.2, 0.25) is 0 Å². The van der Waals surface area contributed by atoms with Gasteiger partial charge in [-0.25, -0.2) is 9.59 Å². The maximum Gasteiger partial charge on any atom is 0.423 e. The number of halogens is 3. The lowest BCUT2D eigenvalue weighted by Crippen LogP contribution is -2.70. The van der Waals surface area contributed by atoms with Crippen molar-refractivity contribution in [1.29, 1.82) is 0 Å². The molecule has 0 saturated carbocycles. The van der Waals surface area contributed by atoms with Crippen LogP contribution in [0.25, 0.3) is 0 Å². The molecule has 2 rings (SSSR count). The Hall–Kier alpha value is -2.88. The Balaban J connectivity index is 2.37. The van der Waals surface area contributed by atoms with Crippen molar-refractivity contribution in [3.63, 3.8) is 0 Å². The fourth-order valence-electron chi connectivity index (χ4n) is 2.85. The molecule has 0 spiro atoms. The van der Waals surface area contributed by atoms with E-state index in [1.165, 1.54) is 12.1 Å². The number of hydrogen-bond donors (Lipinski definition) is 1. The number of rotatable bonds is 7. The molecule has 168 valence electrons. The van der Waals surface area contributed by atoms with Crippen LogP contribution in [0.4, 0.5) is 18.0 Å². The minimum atomic E-state index is -5.33. The second kappa shape index (κ2) is 9.95. The van der Waals surface area contributed by atoms with Crippen LogP contribution in [0.1, 0.15) is 18.1 Å². The zero-order valence-corrected chi connectivity index (χ0v) is 17.9. The second-order valence-corrected chi connectivity index (χ2v) is 8.51. The van der Waals surface area contributed by atoms with Crippen molar-refractivity contribution in [3.8, 4) is 0 Å². The molecule has 0 aliphatic rings. The standard InChI is InChI=1S/C21H22F3NO5S/c1-14-9-11-17(12-10-14)31(28)15(2)20(18(26)29-3,21(22,23)24)25-19(27)30-13-16-7-5-4-6-8-16/h4-12,15H,13H2,1-3H3,(H,25,27). The Morgan fingerprint density at radius 2 is 1.65 bits per heavy atom. The molecule has 0 bridgehead atoms. The van der Waals surface area contributed by atoms with Crippen molar-refractivity contribution in [2.75, 3.05) is 7.11 Å². The number of carbonyl (C=O) groups excluding carboxylic acids is 2. The van der Waals surface area contributed by atoms with Crippen molar-refractivity contribution < 1.29 is 36.4 Å². The maximum atomic E-state index is 14.2. The van der Waals surface area contributed by atoms with Crippen molar-refractivity contribution in [1.82, 2.24) is 5.32 Å². The first-order valence-electron chi connectivity index (χ1n) is 9.14. The molecule has 3 atom stereocenters. The second-order valence-electron chi connectivity index (χ2n) is 6.74. The van der Waals surface area contributed by atoms with Crippen LogP contribution in [0.3, 0.4) is 0 Å². The average Bonchev–Trinajstić information content (AvgIpc) is 2.75. The number of amides is 1. The Kier molecular flexibility index (Phi) is 7.83. The molecule has 0 saturated heterocycles. The summed E-state index contributed by atoms with van der Waals surface area (Å²) in [5.41, 5.74) is -2.25. The van der Waals surface area contributed by atoms with E-state index in [0.29, 0.717) is 5.56 Å².